The molecule has 2 heterocycles. The average molecular weight is 301 g/mol. The highest BCUT2D eigenvalue weighted by Crippen LogP contribution is 2.25. The summed E-state index contributed by atoms with van der Waals surface area (Å²) in [6.45, 7) is 6.70. The maximum atomic E-state index is 10.7. The zero-order chi connectivity index (χ0) is 15.6. The highest BCUT2D eigenvalue weighted by molar-refractivity contribution is 5.27. The summed E-state index contributed by atoms with van der Waals surface area (Å²) < 4.78 is 5.79. The number of aryl methyl sites for hydroxylation is 2. The number of benzene rings is 1. The van der Waals surface area contributed by atoms with Gasteiger partial charge in [-0.15, -0.1) is 0 Å². The minimum atomic E-state index is -0.776. The molecule has 3 rings (SSSR count). The van der Waals surface area contributed by atoms with Gasteiger partial charge in [0, 0.05) is 30.9 Å². The van der Waals surface area contributed by atoms with Crippen LogP contribution < -0.4 is 4.74 Å². The molecule has 1 aromatic carbocycles. The van der Waals surface area contributed by atoms with Crippen molar-refractivity contribution in [1.82, 2.24) is 15.1 Å². The lowest BCUT2D eigenvalue weighted by atomic mass is 10.1. The molecule has 1 aliphatic rings. The topological polar surface area (TPSA) is 61.4 Å². The molecule has 1 aliphatic heterocycles. The minimum Gasteiger partial charge on any atom is -0.491 e. The summed E-state index contributed by atoms with van der Waals surface area (Å²) in [6.07, 6.45) is 2.59. The molecule has 1 atom stereocenters. The number of H-pyrrole nitrogens is 1. The van der Waals surface area contributed by atoms with Gasteiger partial charge in [0.05, 0.1) is 6.20 Å². The van der Waals surface area contributed by atoms with E-state index in [9.17, 15) is 5.11 Å². The van der Waals surface area contributed by atoms with Gasteiger partial charge in [-0.2, -0.15) is 5.10 Å². The van der Waals surface area contributed by atoms with E-state index in [-0.39, 0.29) is 0 Å². The van der Waals surface area contributed by atoms with Gasteiger partial charge in [-0.3, -0.25) is 10.00 Å². The zero-order valence-electron chi connectivity index (χ0n) is 13.2. The summed E-state index contributed by atoms with van der Waals surface area (Å²) in [5.74, 6) is 0.817. The number of nitrogens with one attached hydrogen (secondary N) is 1. The molecule has 0 aliphatic carbocycles. The van der Waals surface area contributed by atoms with Gasteiger partial charge in [0.15, 0.2) is 0 Å². The van der Waals surface area contributed by atoms with Crippen LogP contribution >= 0.6 is 0 Å². The molecular weight excluding hydrogens is 278 g/mol. The predicted octanol–water partition coefficient (Wildman–Crippen LogP) is 2.04. The Hall–Kier alpha value is -1.85. The summed E-state index contributed by atoms with van der Waals surface area (Å²) in [5.41, 5.74) is 2.66. The molecule has 0 amide bonds. The molecule has 0 spiro atoms. The molecule has 1 saturated heterocycles. The molecule has 2 N–H and O–H groups in total. The molecule has 1 fully saturated rings. The van der Waals surface area contributed by atoms with Gasteiger partial charge in [0.2, 0.25) is 0 Å². The number of ether oxygens (including phenoxy) is 1. The van der Waals surface area contributed by atoms with Crippen LogP contribution in [-0.2, 0) is 6.54 Å². The summed E-state index contributed by atoms with van der Waals surface area (Å²) in [5, 5.41) is 17.7. The van der Waals surface area contributed by atoms with Gasteiger partial charge in [0.1, 0.15) is 18.0 Å². The van der Waals surface area contributed by atoms with Crippen LogP contribution in [0.15, 0.2) is 30.5 Å². The normalized spacial score (nSPS) is 22.1. The fourth-order valence-electron chi connectivity index (χ4n) is 2.89. The van der Waals surface area contributed by atoms with Crippen molar-refractivity contribution < 1.29 is 9.84 Å². The average Bonchev–Trinajstić information content (AvgIpc) is 3.05. The Morgan fingerprint density at radius 1 is 1.41 bits per heavy atom. The maximum Gasteiger partial charge on any atom is 0.119 e. The highest BCUT2D eigenvalue weighted by atomic mass is 16.5. The van der Waals surface area contributed by atoms with Crippen LogP contribution in [0, 0.1) is 13.8 Å². The van der Waals surface area contributed by atoms with Gasteiger partial charge < -0.3 is 9.84 Å². The lowest BCUT2D eigenvalue weighted by molar-refractivity contribution is 0.00335. The van der Waals surface area contributed by atoms with E-state index in [0.29, 0.717) is 13.2 Å². The first kappa shape index (κ1) is 15.1. The first-order valence-electron chi connectivity index (χ1n) is 7.67. The van der Waals surface area contributed by atoms with Gasteiger partial charge >= 0.3 is 0 Å². The number of rotatable bonds is 5. The van der Waals surface area contributed by atoms with E-state index in [1.165, 1.54) is 5.56 Å². The Kier molecular flexibility index (Phi) is 4.18. The second-order valence-electron chi connectivity index (χ2n) is 6.31. The number of likely N-dealkylation sites (tertiary alicyclic amines) is 1. The smallest absolute Gasteiger partial charge is 0.119 e. The predicted molar refractivity (Wildman–Crippen MR) is 84.8 cm³/mol. The highest BCUT2D eigenvalue weighted by Gasteiger charge is 2.37. The van der Waals surface area contributed by atoms with E-state index in [1.54, 1.807) is 0 Å². The van der Waals surface area contributed by atoms with Crippen molar-refractivity contribution in [2.24, 2.45) is 0 Å². The number of nitrogens with zero attached hydrogens (tertiary/aromatic N) is 2. The van der Waals surface area contributed by atoms with Crippen molar-refractivity contribution in [1.29, 1.82) is 0 Å². The van der Waals surface area contributed by atoms with E-state index in [1.807, 2.05) is 44.3 Å². The van der Waals surface area contributed by atoms with E-state index in [4.69, 9.17) is 4.74 Å². The van der Waals surface area contributed by atoms with Crippen molar-refractivity contribution in [2.45, 2.75) is 32.4 Å². The van der Waals surface area contributed by atoms with Crippen LogP contribution in [-0.4, -0.2) is 45.5 Å². The number of aromatic nitrogens is 2. The van der Waals surface area contributed by atoms with E-state index in [2.05, 4.69) is 15.1 Å². The van der Waals surface area contributed by atoms with Crippen LogP contribution in [0.4, 0.5) is 0 Å². The largest absolute Gasteiger partial charge is 0.491 e. The van der Waals surface area contributed by atoms with Crippen LogP contribution in [0.5, 0.6) is 5.75 Å². The van der Waals surface area contributed by atoms with Gasteiger partial charge in [0.25, 0.3) is 0 Å². The van der Waals surface area contributed by atoms with Crippen LogP contribution in [0.25, 0.3) is 0 Å². The molecule has 22 heavy (non-hydrogen) atoms. The summed E-state index contributed by atoms with van der Waals surface area (Å²) >= 11 is 0. The van der Waals surface area contributed by atoms with E-state index in [0.717, 1.165) is 36.5 Å². The summed E-state index contributed by atoms with van der Waals surface area (Å²) in [4.78, 5) is 2.25. The number of hydrogen-bond donors (Lipinski definition) is 2. The number of aromatic amines is 1. The SMILES string of the molecule is Cc1cccc(OCC2(O)CCN(Cc3cn[nH]c3C)C2)c1. The molecular formula is C17H23N3O2. The van der Waals surface area contributed by atoms with Gasteiger partial charge in [-0.05, 0) is 38.0 Å². The number of aliphatic hydroxyl groups is 1. The van der Waals surface area contributed by atoms with Crippen molar-refractivity contribution >= 4 is 0 Å². The lowest BCUT2D eigenvalue weighted by Gasteiger charge is -2.23. The van der Waals surface area contributed by atoms with Crippen molar-refractivity contribution in [3.8, 4) is 5.75 Å². The fourth-order valence-corrected chi connectivity index (χ4v) is 2.89. The Labute approximate surface area is 130 Å². The Bertz CT molecular complexity index is 640. The van der Waals surface area contributed by atoms with Gasteiger partial charge in [-0.1, -0.05) is 12.1 Å². The molecule has 1 aromatic heterocycles. The molecule has 2 aromatic rings. The fraction of sp³-hybridized carbons (Fsp3) is 0.471. The lowest BCUT2D eigenvalue weighted by Crippen LogP contribution is -2.39. The third-order valence-electron chi connectivity index (χ3n) is 4.24. The zero-order valence-corrected chi connectivity index (χ0v) is 13.2. The van der Waals surface area contributed by atoms with Crippen molar-refractivity contribution in [3.63, 3.8) is 0 Å². The van der Waals surface area contributed by atoms with E-state index < -0.39 is 5.60 Å². The molecule has 118 valence electrons. The molecule has 5 heteroatoms. The first-order valence-corrected chi connectivity index (χ1v) is 7.67. The standard InChI is InChI=1S/C17H23N3O2/c1-13-4-3-5-16(8-13)22-12-17(21)6-7-20(11-17)10-15-9-18-19-14(15)2/h3-5,8-9,21H,6-7,10-12H2,1-2H3,(H,18,19). The molecule has 0 radical (unpaired) electrons. The van der Waals surface area contributed by atoms with Crippen LogP contribution in [0.1, 0.15) is 23.2 Å². The summed E-state index contributed by atoms with van der Waals surface area (Å²) in [7, 11) is 0. The minimum absolute atomic E-state index is 0.331. The monoisotopic (exact) mass is 301 g/mol. The van der Waals surface area contributed by atoms with Crippen LogP contribution in [0.3, 0.4) is 0 Å². The third kappa shape index (κ3) is 3.48. The third-order valence-corrected chi connectivity index (χ3v) is 4.24. The van der Waals surface area contributed by atoms with Crippen LogP contribution in [0.2, 0.25) is 0 Å². The Balaban J connectivity index is 1.55. The van der Waals surface area contributed by atoms with E-state index >= 15 is 0 Å². The molecule has 0 bridgehead atoms. The second kappa shape index (κ2) is 6.10. The number of β-amino-alcohol motifs (C(OH)–C–C–N with tert-alkyl or cyclic N) is 1. The molecule has 1 unspecified atom stereocenters. The maximum absolute atomic E-state index is 10.7. The summed E-state index contributed by atoms with van der Waals surface area (Å²) in [6, 6.07) is 7.92. The second-order valence-corrected chi connectivity index (χ2v) is 6.31. The quantitative estimate of drug-likeness (QED) is 0.887. The van der Waals surface area contributed by atoms with Crippen molar-refractivity contribution in [2.75, 3.05) is 19.7 Å². The Morgan fingerprint density at radius 2 is 2.27 bits per heavy atom. The first-order chi connectivity index (χ1) is 10.5. The molecule has 5 nitrogen and oxygen atoms in total. The molecule has 0 saturated carbocycles. The Morgan fingerprint density at radius 3 is 3.00 bits per heavy atom. The number of hydrogen-bond acceptors (Lipinski definition) is 4. The van der Waals surface area contributed by atoms with Gasteiger partial charge in [-0.25, -0.2) is 0 Å². The van der Waals surface area contributed by atoms with Crippen molar-refractivity contribution in [3.05, 3.63) is 47.3 Å².